The highest BCUT2D eigenvalue weighted by Gasteiger charge is 2.21. The molecule has 0 amide bonds. The van der Waals surface area contributed by atoms with Crippen LogP contribution in [0.25, 0.3) is 11.0 Å². The SMILES string of the molecule is Cc1ncc(Cn2cc(CNC3CC3)c3cccnc32)s1. The normalized spacial score (nSPS) is 14.9. The smallest absolute Gasteiger partial charge is 0.140 e. The van der Waals surface area contributed by atoms with E-state index in [0.29, 0.717) is 0 Å². The molecule has 21 heavy (non-hydrogen) atoms. The Bertz CT molecular complexity index is 770. The van der Waals surface area contributed by atoms with Crippen molar-refractivity contribution in [1.82, 2.24) is 19.9 Å². The van der Waals surface area contributed by atoms with Crippen molar-refractivity contribution in [1.29, 1.82) is 0 Å². The number of hydrogen-bond donors (Lipinski definition) is 1. The van der Waals surface area contributed by atoms with E-state index in [0.717, 1.165) is 29.8 Å². The fourth-order valence-electron chi connectivity index (χ4n) is 2.64. The molecule has 0 atom stereocenters. The number of aromatic nitrogens is 3. The zero-order chi connectivity index (χ0) is 14.2. The average Bonchev–Trinajstić information content (AvgIpc) is 3.15. The lowest BCUT2D eigenvalue weighted by molar-refractivity contribution is 0.687. The summed E-state index contributed by atoms with van der Waals surface area (Å²) in [5.74, 6) is 0. The minimum Gasteiger partial charge on any atom is -0.327 e. The fourth-order valence-corrected chi connectivity index (χ4v) is 3.44. The molecule has 0 aliphatic heterocycles. The van der Waals surface area contributed by atoms with Crippen molar-refractivity contribution < 1.29 is 0 Å². The van der Waals surface area contributed by atoms with Gasteiger partial charge in [-0.1, -0.05) is 0 Å². The molecule has 0 bridgehead atoms. The molecule has 3 aromatic rings. The molecule has 0 spiro atoms. The second kappa shape index (κ2) is 5.24. The van der Waals surface area contributed by atoms with Gasteiger partial charge in [-0.05, 0) is 37.5 Å². The second-order valence-corrected chi connectivity index (χ2v) is 6.98. The number of rotatable bonds is 5. The molecule has 1 fully saturated rings. The Morgan fingerprint density at radius 2 is 2.29 bits per heavy atom. The number of pyridine rings is 1. The summed E-state index contributed by atoms with van der Waals surface area (Å²) in [7, 11) is 0. The van der Waals surface area contributed by atoms with Gasteiger partial charge in [0.1, 0.15) is 5.65 Å². The number of nitrogens with zero attached hydrogens (tertiary/aromatic N) is 3. The van der Waals surface area contributed by atoms with Crippen LogP contribution in [0, 0.1) is 6.92 Å². The van der Waals surface area contributed by atoms with Gasteiger partial charge < -0.3 is 9.88 Å². The second-order valence-electron chi connectivity index (χ2n) is 5.66. The number of nitrogens with one attached hydrogen (secondary N) is 1. The van der Waals surface area contributed by atoms with Gasteiger partial charge in [-0.3, -0.25) is 0 Å². The van der Waals surface area contributed by atoms with Gasteiger partial charge in [0.25, 0.3) is 0 Å². The van der Waals surface area contributed by atoms with E-state index in [4.69, 9.17) is 0 Å². The molecular formula is C16H18N4S. The van der Waals surface area contributed by atoms with E-state index in [2.05, 4.69) is 32.1 Å². The molecular weight excluding hydrogens is 280 g/mol. The molecule has 3 heterocycles. The highest BCUT2D eigenvalue weighted by Crippen LogP contribution is 2.24. The summed E-state index contributed by atoms with van der Waals surface area (Å²) >= 11 is 1.75. The summed E-state index contributed by atoms with van der Waals surface area (Å²) in [6, 6.07) is 4.91. The third-order valence-electron chi connectivity index (χ3n) is 3.87. The highest BCUT2D eigenvalue weighted by molar-refractivity contribution is 7.11. The Morgan fingerprint density at radius 3 is 3.05 bits per heavy atom. The predicted octanol–water partition coefficient (Wildman–Crippen LogP) is 3.10. The molecule has 1 aliphatic rings. The van der Waals surface area contributed by atoms with Crippen LogP contribution in [0.2, 0.25) is 0 Å². The van der Waals surface area contributed by atoms with Crippen LogP contribution in [0.4, 0.5) is 0 Å². The van der Waals surface area contributed by atoms with E-state index >= 15 is 0 Å². The van der Waals surface area contributed by atoms with Crippen molar-refractivity contribution in [3.05, 3.63) is 46.2 Å². The van der Waals surface area contributed by atoms with Crippen LogP contribution in [0.1, 0.15) is 28.3 Å². The van der Waals surface area contributed by atoms with Gasteiger partial charge in [-0.2, -0.15) is 0 Å². The molecule has 4 rings (SSSR count). The molecule has 4 nitrogen and oxygen atoms in total. The van der Waals surface area contributed by atoms with Crippen LogP contribution in [0.5, 0.6) is 0 Å². The summed E-state index contributed by atoms with van der Waals surface area (Å²) in [4.78, 5) is 10.2. The van der Waals surface area contributed by atoms with Crippen LogP contribution in [0.3, 0.4) is 0 Å². The van der Waals surface area contributed by atoms with Crippen LogP contribution < -0.4 is 5.32 Å². The summed E-state index contributed by atoms with van der Waals surface area (Å²) in [5.41, 5.74) is 2.40. The third kappa shape index (κ3) is 2.71. The lowest BCUT2D eigenvalue weighted by Crippen LogP contribution is -2.14. The van der Waals surface area contributed by atoms with Crippen LogP contribution >= 0.6 is 11.3 Å². The minimum atomic E-state index is 0.726. The molecule has 1 saturated carbocycles. The lowest BCUT2D eigenvalue weighted by Gasteiger charge is -2.01. The first-order valence-electron chi connectivity index (χ1n) is 7.37. The zero-order valence-corrected chi connectivity index (χ0v) is 12.9. The van der Waals surface area contributed by atoms with E-state index in [9.17, 15) is 0 Å². The molecule has 108 valence electrons. The van der Waals surface area contributed by atoms with Crippen molar-refractivity contribution in [3.8, 4) is 0 Å². The van der Waals surface area contributed by atoms with E-state index in [1.165, 1.54) is 28.7 Å². The van der Waals surface area contributed by atoms with Gasteiger partial charge in [0.05, 0.1) is 11.6 Å². The Hall–Kier alpha value is -1.72. The van der Waals surface area contributed by atoms with Crippen molar-refractivity contribution in [2.45, 2.75) is 38.9 Å². The maximum absolute atomic E-state index is 4.57. The standard InChI is InChI=1S/C16H18N4S/c1-11-18-8-14(21-11)10-20-9-12(7-19-13-4-5-13)15-3-2-6-17-16(15)20/h2-3,6,8-9,13,19H,4-5,7,10H2,1H3. The quantitative estimate of drug-likeness (QED) is 0.787. The molecule has 0 aromatic carbocycles. The van der Waals surface area contributed by atoms with Crippen molar-refractivity contribution in [3.63, 3.8) is 0 Å². The first-order chi connectivity index (χ1) is 10.3. The molecule has 1 aliphatic carbocycles. The largest absolute Gasteiger partial charge is 0.327 e. The topological polar surface area (TPSA) is 42.7 Å². The Morgan fingerprint density at radius 1 is 1.38 bits per heavy atom. The van der Waals surface area contributed by atoms with Crippen LogP contribution in [-0.4, -0.2) is 20.6 Å². The van der Waals surface area contributed by atoms with E-state index < -0.39 is 0 Å². The fraction of sp³-hybridized carbons (Fsp3) is 0.375. The number of aryl methyl sites for hydroxylation is 1. The summed E-state index contributed by atoms with van der Waals surface area (Å²) < 4.78 is 2.24. The Kier molecular flexibility index (Phi) is 3.24. The van der Waals surface area contributed by atoms with Crippen LogP contribution in [-0.2, 0) is 13.1 Å². The van der Waals surface area contributed by atoms with E-state index in [-0.39, 0.29) is 0 Å². The minimum absolute atomic E-state index is 0.726. The van der Waals surface area contributed by atoms with Gasteiger partial charge in [0.15, 0.2) is 0 Å². The third-order valence-corrected chi connectivity index (χ3v) is 4.77. The number of fused-ring (bicyclic) bond motifs is 1. The zero-order valence-electron chi connectivity index (χ0n) is 12.0. The molecule has 0 saturated heterocycles. The van der Waals surface area contributed by atoms with Gasteiger partial charge in [-0.15, -0.1) is 11.3 Å². The molecule has 0 unspecified atom stereocenters. The Labute approximate surface area is 127 Å². The number of hydrogen-bond acceptors (Lipinski definition) is 4. The molecule has 1 N–H and O–H groups in total. The van der Waals surface area contributed by atoms with Gasteiger partial charge in [0, 0.05) is 41.4 Å². The number of thiazole rings is 1. The summed E-state index contributed by atoms with van der Waals surface area (Å²) in [6.07, 6.45) is 8.71. The monoisotopic (exact) mass is 298 g/mol. The average molecular weight is 298 g/mol. The van der Waals surface area contributed by atoms with Crippen molar-refractivity contribution in [2.75, 3.05) is 0 Å². The van der Waals surface area contributed by atoms with Crippen molar-refractivity contribution in [2.24, 2.45) is 0 Å². The van der Waals surface area contributed by atoms with Crippen LogP contribution in [0.15, 0.2) is 30.7 Å². The summed E-state index contributed by atoms with van der Waals surface area (Å²) in [6.45, 7) is 3.83. The maximum Gasteiger partial charge on any atom is 0.140 e. The first kappa shape index (κ1) is 13.0. The van der Waals surface area contributed by atoms with Crippen molar-refractivity contribution >= 4 is 22.4 Å². The van der Waals surface area contributed by atoms with Gasteiger partial charge >= 0.3 is 0 Å². The predicted molar refractivity (Wildman–Crippen MR) is 85.5 cm³/mol. The van der Waals surface area contributed by atoms with E-state index in [1.807, 2.05) is 25.4 Å². The lowest BCUT2D eigenvalue weighted by atomic mass is 10.2. The Balaban J connectivity index is 1.66. The van der Waals surface area contributed by atoms with E-state index in [1.54, 1.807) is 11.3 Å². The molecule has 0 radical (unpaired) electrons. The summed E-state index contributed by atoms with van der Waals surface area (Å²) in [5, 5.41) is 5.97. The molecule has 3 aromatic heterocycles. The first-order valence-corrected chi connectivity index (χ1v) is 8.18. The maximum atomic E-state index is 4.57. The highest BCUT2D eigenvalue weighted by atomic mass is 32.1. The molecule has 5 heteroatoms. The van der Waals surface area contributed by atoms with Gasteiger partial charge in [-0.25, -0.2) is 9.97 Å². The van der Waals surface area contributed by atoms with Gasteiger partial charge in [0.2, 0.25) is 0 Å².